The van der Waals surface area contributed by atoms with E-state index in [1.54, 1.807) is 11.6 Å². The van der Waals surface area contributed by atoms with Gasteiger partial charge in [-0.05, 0) is 30.7 Å². The molecule has 13 heteroatoms. The Morgan fingerprint density at radius 2 is 1.88 bits per heavy atom. The van der Waals surface area contributed by atoms with Crippen LogP contribution in [0.3, 0.4) is 0 Å². The normalized spacial score (nSPS) is 11.7. The maximum Gasteiger partial charge on any atom is 0.332 e. The predicted molar refractivity (Wildman–Crippen MR) is 117 cm³/mol. The number of ether oxygens (including phenoxy) is 1. The van der Waals surface area contributed by atoms with Crippen LogP contribution in [0.5, 0.6) is 0 Å². The summed E-state index contributed by atoms with van der Waals surface area (Å²) in [5.41, 5.74) is -0.376. The first kappa shape index (κ1) is 23.7. The minimum Gasteiger partial charge on any atom is -0.466 e. The molecule has 11 nitrogen and oxygen atoms in total. The summed E-state index contributed by atoms with van der Waals surface area (Å²) in [5, 5.41) is 0.410. The molecule has 0 amide bonds. The highest BCUT2D eigenvalue weighted by atomic mass is 35.5. The number of carbonyl (C=O) groups excluding carboxylic acids is 1. The lowest BCUT2D eigenvalue weighted by molar-refractivity contribution is -0.143. The van der Waals surface area contributed by atoms with Crippen molar-refractivity contribution in [2.75, 3.05) is 13.2 Å². The zero-order valence-corrected chi connectivity index (χ0v) is 19.0. The first-order valence-corrected chi connectivity index (χ1v) is 11.5. The van der Waals surface area contributed by atoms with Crippen LogP contribution >= 0.6 is 11.6 Å². The Balaban J connectivity index is 1.49. The molecule has 1 N–H and O–H groups in total. The number of nitrogens with one attached hydrogen (secondary N) is 1. The van der Waals surface area contributed by atoms with Crippen LogP contribution in [0.1, 0.15) is 12.8 Å². The number of imidazole rings is 1. The monoisotopic (exact) mass is 483 g/mol. The average Bonchev–Trinajstić information content (AvgIpc) is 3.13. The smallest absolute Gasteiger partial charge is 0.332 e. The van der Waals surface area contributed by atoms with Gasteiger partial charge < -0.3 is 9.30 Å². The summed E-state index contributed by atoms with van der Waals surface area (Å²) >= 11 is 5.74. The minimum atomic E-state index is -3.76. The summed E-state index contributed by atoms with van der Waals surface area (Å²) in [6, 6.07) is 5.63. The molecule has 0 radical (unpaired) electrons. The van der Waals surface area contributed by atoms with Crippen molar-refractivity contribution in [3.05, 3.63) is 56.5 Å². The Bertz CT molecular complexity index is 1360. The Morgan fingerprint density at radius 1 is 1.19 bits per heavy atom. The van der Waals surface area contributed by atoms with E-state index in [0.29, 0.717) is 16.2 Å². The summed E-state index contributed by atoms with van der Waals surface area (Å²) in [4.78, 5) is 41.0. The lowest BCUT2D eigenvalue weighted by Gasteiger charge is -2.09. The van der Waals surface area contributed by atoms with Crippen LogP contribution in [0.25, 0.3) is 11.2 Å². The van der Waals surface area contributed by atoms with Crippen molar-refractivity contribution in [1.82, 2.24) is 23.4 Å². The van der Waals surface area contributed by atoms with Crippen molar-refractivity contribution in [3.63, 3.8) is 0 Å². The number of nitrogens with zero attached hydrogens (tertiary/aromatic N) is 4. The first-order chi connectivity index (χ1) is 15.1. The van der Waals surface area contributed by atoms with Crippen molar-refractivity contribution >= 4 is 38.8 Å². The summed E-state index contributed by atoms with van der Waals surface area (Å²) < 4.78 is 35.6. The van der Waals surface area contributed by atoms with Crippen LogP contribution in [0, 0.1) is 0 Å². The predicted octanol–water partition coefficient (Wildman–Crippen LogP) is 0.389. The zero-order chi connectivity index (χ0) is 23.5. The number of aromatic nitrogens is 4. The standard InChI is InChI=1S/C19H22ClN5O6S/c1-23-12-21-17-16(23)18(27)25(19(28)24(17)2)10-3-11-31-15(26)8-9-22-32(29,30)14-6-4-13(20)5-7-14/h4-7,12,22H,3,8-11H2,1-2H3. The zero-order valence-electron chi connectivity index (χ0n) is 17.4. The van der Waals surface area contributed by atoms with Crippen LogP contribution in [-0.2, 0) is 40.2 Å². The number of halogens is 1. The average molecular weight is 484 g/mol. The quantitative estimate of drug-likeness (QED) is 0.343. The van der Waals surface area contributed by atoms with Crippen molar-refractivity contribution in [2.45, 2.75) is 24.3 Å². The largest absolute Gasteiger partial charge is 0.466 e. The lowest BCUT2D eigenvalue weighted by atomic mass is 10.4. The maximum atomic E-state index is 12.6. The van der Waals surface area contributed by atoms with E-state index in [9.17, 15) is 22.8 Å². The molecule has 2 heterocycles. The van der Waals surface area contributed by atoms with E-state index < -0.39 is 27.2 Å². The van der Waals surface area contributed by atoms with E-state index >= 15 is 0 Å². The number of esters is 1. The Morgan fingerprint density at radius 3 is 2.56 bits per heavy atom. The van der Waals surface area contributed by atoms with Crippen molar-refractivity contribution in [3.8, 4) is 0 Å². The van der Waals surface area contributed by atoms with Crippen LogP contribution < -0.4 is 16.0 Å². The van der Waals surface area contributed by atoms with Crippen LogP contribution in [0.15, 0.2) is 45.1 Å². The SMILES string of the molecule is Cn1cnc2c1c(=O)n(CCCOC(=O)CCNS(=O)(=O)c1ccc(Cl)cc1)c(=O)n2C. The van der Waals surface area contributed by atoms with Gasteiger partial charge in [-0.25, -0.2) is 22.9 Å². The molecule has 0 saturated carbocycles. The Labute approximate surface area is 188 Å². The van der Waals surface area contributed by atoms with Gasteiger partial charge in [0.05, 0.1) is 24.3 Å². The third-order valence-corrected chi connectivity index (χ3v) is 6.46. The van der Waals surface area contributed by atoms with Gasteiger partial charge in [0.25, 0.3) is 5.56 Å². The summed E-state index contributed by atoms with van der Waals surface area (Å²) in [5.74, 6) is -0.605. The molecule has 3 aromatic rings. The van der Waals surface area contributed by atoms with Gasteiger partial charge >= 0.3 is 11.7 Å². The third-order valence-electron chi connectivity index (χ3n) is 4.74. The number of aryl methyl sites for hydroxylation is 2. The highest BCUT2D eigenvalue weighted by molar-refractivity contribution is 7.89. The fraction of sp³-hybridized carbons (Fsp3) is 0.368. The molecule has 0 unspecified atom stereocenters. The lowest BCUT2D eigenvalue weighted by Crippen LogP contribution is -2.39. The molecule has 0 bridgehead atoms. The topological polar surface area (TPSA) is 134 Å². The molecule has 0 fully saturated rings. The van der Waals surface area contributed by atoms with E-state index in [0.717, 1.165) is 4.57 Å². The Kier molecular flexibility index (Phi) is 7.16. The highest BCUT2D eigenvalue weighted by Crippen LogP contribution is 2.13. The van der Waals surface area contributed by atoms with Crippen LogP contribution in [0.2, 0.25) is 5.02 Å². The van der Waals surface area contributed by atoms with Gasteiger partial charge in [0, 0.05) is 32.2 Å². The van der Waals surface area contributed by atoms with E-state index in [1.807, 2.05) is 0 Å². The van der Waals surface area contributed by atoms with Crippen molar-refractivity contribution in [1.29, 1.82) is 0 Å². The molecular formula is C19H22ClN5O6S. The van der Waals surface area contributed by atoms with E-state index in [2.05, 4.69) is 9.71 Å². The molecule has 2 aromatic heterocycles. The molecule has 0 aliphatic carbocycles. The molecule has 172 valence electrons. The Hall–Kier alpha value is -2.96. The van der Waals surface area contributed by atoms with Gasteiger partial charge in [-0.1, -0.05) is 11.6 Å². The molecule has 0 saturated heterocycles. The van der Waals surface area contributed by atoms with Gasteiger partial charge in [-0.15, -0.1) is 0 Å². The molecule has 1 aromatic carbocycles. The molecule has 0 spiro atoms. The van der Waals surface area contributed by atoms with Gasteiger partial charge in [0.2, 0.25) is 10.0 Å². The molecule has 3 rings (SSSR count). The molecular weight excluding hydrogens is 462 g/mol. The number of hydrogen-bond acceptors (Lipinski definition) is 7. The van der Waals surface area contributed by atoms with Crippen molar-refractivity contribution in [2.24, 2.45) is 14.1 Å². The molecule has 32 heavy (non-hydrogen) atoms. The number of benzene rings is 1. The fourth-order valence-corrected chi connectivity index (χ4v) is 4.22. The second-order valence-corrected chi connectivity index (χ2v) is 9.21. The fourth-order valence-electron chi connectivity index (χ4n) is 3.06. The number of carbonyl (C=O) groups is 1. The number of hydrogen-bond donors (Lipinski definition) is 1. The maximum absolute atomic E-state index is 12.6. The van der Waals surface area contributed by atoms with Gasteiger partial charge in [0.1, 0.15) is 0 Å². The molecule has 0 atom stereocenters. The number of rotatable bonds is 9. The van der Waals surface area contributed by atoms with Crippen molar-refractivity contribution < 1.29 is 17.9 Å². The first-order valence-electron chi connectivity index (χ1n) is 9.63. The minimum absolute atomic E-state index is 0.0260. The summed E-state index contributed by atoms with van der Waals surface area (Å²) in [6.07, 6.45) is 1.52. The summed E-state index contributed by atoms with van der Waals surface area (Å²) in [6.45, 7) is -0.105. The highest BCUT2D eigenvalue weighted by Gasteiger charge is 2.16. The van der Waals surface area contributed by atoms with Gasteiger partial charge in [-0.2, -0.15) is 0 Å². The number of fused-ring (bicyclic) bond motifs is 1. The van der Waals surface area contributed by atoms with Crippen LogP contribution in [-0.4, -0.2) is 46.2 Å². The number of sulfonamides is 1. The van der Waals surface area contributed by atoms with Gasteiger partial charge in [-0.3, -0.25) is 18.7 Å². The summed E-state index contributed by atoms with van der Waals surface area (Å²) in [7, 11) is -0.575. The molecule has 0 aliphatic rings. The van der Waals surface area contributed by atoms with E-state index in [4.69, 9.17) is 16.3 Å². The second-order valence-electron chi connectivity index (χ2n) is 7.00. The van der Waals surface area contributed by atoms with Crippen LogP contribution in [0.4, 0.5) is 0 Å². The van der Waals surface area contributed by atoms with E-state index in [-0.39, 0.29) is 37.4 Å². The second kappa shape index (κ2) is 9.67. The van der Waals surface area contributed by atoms with Gasteiger partial charge in [0.15, 0.2) is 11.2 Å². The molecule has 0 aliphatic heterocycles. The van der Waals surface area contributed by atoms with E-state index in [1.165, 1.54) is 42.2 Å². The third kappa shape index (κ3) is 5.09.